The van der Waals surface area contributed by atoms with Crippen LogP contribution in [0.5, 0.6) is 5.75 Å². The second-order valence-electron chi connectivity index (χ2n) is 6.94. The number of esters is 2. The molecule has 1 heterocycles. The first-order chi connectivity index (χ1) is 14.5. The van der Waals surface area contributed by atoms with Crippen LogP contribution in [0.1, 0.15) is 86.1 Å². The normalized spacial score (nSPS) is 10.4. The van der Waals surface area contributed by atoms with Gasteiger partial charge in [-0.25, -0.2) is 9.78 Å². The molecule has 0 aliphatic rings. The smallest absolute Gasteiger partial charge is 0.339 e. The lowest BCUT2D eigenvalue weighted by molar-refractivity contribution is -0.142. The summed E-state index contributed by atoms with van der Waals surface area (Å²) in [7, 11) is 1.37. The number of methoxy groups -OCH3 is 1. The lowest BCUT2D eigenvalue weighted by atomic mass is 10.1. The Balaban J connectivity index is 2.45. The van der Waals surface area contributed by atoms with E-state index in [-0.39, 0.29) is 23.6 Å². The maximum Gasteiger partial charge on any atom is 0.339 e. The van der Waals surface area contributed by atoms with Crippen molar-refractivity contribution in [3.63, 3.8) is 0 Å². The van der Waals surface area contributed by atoms with Crippen molar-refractivity contribution in [1.29, 1.82) is 0 Å². The number of nitrogens with zero attached hydrogens (tertiary/aromatic N) is 1. The van der Waals surface area contributed by atoms with Gasteiger partial charge in [-0.3, -0.25) is 9.59 Å². The highest BCUT2D eigenvalue weighted by atomic mass is 16.5. The van der Waals surface area contributed by atoms with Crippen molar-refractivity contribution < 1.29 is 28.6 Å². The van der Waals surface area contributed by atoms with Gasteiger partial charge in [-0.2, -0.15) is 0 Å². The number of hydrogen-bond acceptors (Lipinski definition) is 7. The molecule has 0 bridgehead atoms. The molecule has 0 aliphatic heterocycles. The van der Waals surface area contributed by atoms with Crippen molar-refractivity contribution in [3.05, 3.63) is 23.5 Å². The summed E-state index contributed by atoms with van der Waals surface area (Å²) in [5.74, 6) is -1.50. The predicted octanol–water partition coefficient (Wildman–Crippen LogP) is 3.68. The van der Waals surface area contributed by atoms with E-state index in [0.717, 1.165) is 32.1 Å². The molecule has 168 valence electrons. The Kier molecular flexibility index (Phi) is 12.9. The fourth-order valence-electron chi connectivity index (χ4n) is 2.63. The Morgan fingerprint density at radius 2 is 1.60 bits per heavy atom. The highest BCUT2D eigenvalue weighted by Gasteiger charge is 2.18. The summed E-state index contributed by atoms with van der Waals surface area (Å²) in [5, 5.41) is 2.46. The van der Waals surface area contributed by atoms with E-state index >= 15 is 0 Å². The van der Waals surface area contributed by atoms with Crippen molar-refractivity contribution >= 4 is 17.8 Å². The number of carbonyl (C=O) groups is 3. The molecule has 1 N–H and O–H groups in total. The molecule has 8 heteroatoms. The second kappa shape index (κ2) is 15.2. The second-order valence-corrected chi connectivity index (χ2v) is 6.94. The first kappa shape index (κ1) is 25.4. The van der Waals surface area contributed by atoms with Gasteiger partial charge in [0, 0.05) is 6.20 Å². The zero-order valence-electron chi connectivity index (χ0n) is 18.3. The quantitative estimate of drug-likeness (QED) is 0.340. The fraction of sp³-hybridized carbons (Fsp3) is 0.636. The van der Waals surface area contributed by atoms with Gasteiger partial charge in [0.15, 0.2) is 11.4 Å². The van der Waals surface area contributed by atoms with Gasteiger partial charge >= 0.3 is 11.9 Å². The number of rotatable bonds is 15. The first-order valence-corrected chi connectivity index (χ1v) is 10.7. The molecule has 1 aromatic rings. The van der Waals surface area contributed by atoms with Gasteiger partial charge in [0.25, 0.3) is 5.91 Å². The van der Waals surface area contributed by atoms with Crippen LogP contribution >= 0.6 is 0 Å². The molecule has 0 aliphatic carbocycles. The first-order valence-electron chi connectivity index (χ1n) is 10.7. The summed E-state index contributed by atoms with van der Waals surface area (Å²) in [6.45, 7) is 4.56. The van der Waals surface area contributed by atoms with Crippen LogP contribution in [0.25, 0.3) is 0 Å². The number of nitrogens with one attached hydrogen (secondary N) is 1. The van der Waals surface area contributed by atoms with Crippen molar-refractivity contribution in [2.75, 3.05) is 26.9 Å². The van der Waals surface area contributed by atoms with Gasteiger partial charge in [-0.1, -0.05) is 52.4 Å². The minimum atomic E-state index is -0.589. The Bertz CT molecular complexity index is 678. The van der Waals surface area contributed by atoms with E-state index < -0.39 is 17.8 Å². The molecular formula is C22H34N2O6. The van der Waals surface area contributed by atoms with Gasteiger partial charge in [0.05, 0.1) is 25.9 Å². The topological polar surface area (TPSA) is 104 Å². The number of amides is 1. The number of ether oxygens (including phenoxy) is 3. The molecule has 30 heavy (non-hydrogen) atoms. The molecule has 0 aromatic carbocycles. The number of aromatic nitrogens is 1. The third-order valence-corrected chi connectivity index (χ3v) is 4.41. The Morgan fingerprint density at radius 3 is 2.30 bits per heavy atom. The Hall–Kier alpha value is -2.64. The van der Waals surface area contributed by atoms with Gasteiger partial charge in [0.1, 0.15) is 6.54 Å². The molecule has 1 rings (SSSR count). The van der Waals surface area contributed by atoms with Crippen LogP contribution in [-0.4, -0.2) is 49.7 Å². The number of carbonyl (C=O) groups excluding carboxylic acids is 3. The summed E-state index contributed by atoms with van der Waals surface area (Å²) in [6, 6.07) is 1.40. The van der Waals surface area contributed by atoms with Gasteiger partial charge in [-0.15, -0.1) is 0 Å². The van der Waals surface area contributed by atoms with Crippen LogP contribution in [0.2, 0.25) is 0 Å². The van der Waals surface area contributed by atoms with Gasteiger partial charge in [-0.05, 0) is 18.9 Å². The van der Waals surface area contributed by atoms with E-state index in [1.54, 1.807) is 0 Å². The van der Waals surface area contributed by atoms with E-state index in [1.807, 2.05) is 6.92 Å². The highest BCUT2D eigenvalue weighted by molar-refractivity contribution is 5.98. The lowest BCUT2D eigenvalue weighted by Gasteiger charge is -2.10. The average Bonchev–Trinajstić information content (AvgIpc) is 2.76. The minimum Gasteiger partial charge on any atom is -0.494 e. The van der Waals surface area contributed by atoms with Crippen LogP contribution in [0.15, 0.2) is 12.3 Å². The zero-order chi connectivity index (χ0) is 22.2. The molecular weight excluding hydrogens is 388 g/mol. The van der Waals surface area contributed by atoms with E-state index in [9.17, 15) is 14.4 Å². The summed E-state index contributed by atoms with van der Waals surface area (Å²) < 4.78 is 15.4. The zero-order valence-corrected chi connectivity index (χ0v) is 18.3. The van der Waals surface area contributed by atoms with Gasteiger partial charge < -0.3 is 19.5 Å². The van der Waals surface area contributed by atoms with Crippen molar-refractivity contribution in [2.24, 2.45) is 0 Å². The maximum absolute atomic E-state index is 12.3. The van der Waals surface area contributed by atoms with Crippen molar-refractivity contribution in [3.8, 4) is 5.75 Å². The lowest BCUT2D eigenvalue weighted by Crippen LogP contribution is -2.31. The molecule has 1 aromatic heterocycles. The number of hydrogen-bond donors (Lipinski definition) is 1. The van der Waals surface area contributed by atoms with E-state index in [2.05, 4.69) is 17.2 Å². The number of unbranched alkanes of at least 4 members (excludes halogenated alkanes) is 6. The largest absolute Gasteiger partial charge is 0.494 e. The highest BCUT2D eigenvalue weighted by Crippen LogP contribution is 2.18. The minimum absolute atomic E-state index is 0.0219. The molecule has 0 spiro atoms. The standard InChI is InChI=1S/C22H34N2O6/c1-4-6-8-9-10-11-13-29-19(25)16-24-21(26)20-18(28-3)14-17(15-23-20)22(27)30-12-7-5-2/h14-15H,4-13,16H2,1-3H3,(H,24,26). The number of pyridine rings is 1. The summed E-state index contributed by atoms with van der Waals surface area (Å²) in [6.07, 6.45) is 9.52. The van der Waals surface area contributed by atoms with Crippen molar-refractivity contribution in [1.82, 2.24) is 10.3 Å². The fourth-order valence-corrected chi connectivity index (χ4v) is 2.63. The SMILES string of the molecule is CCCCCCCCOC(=O)CNC(=O)c1ncc(C(=O)OCCCC)cc1OC. The predicted molar refractivity (Wildman–Crippen MR) is 113 cm³/mol. The average molecular weight is 423 g/mol. The maximum atomic E-state index is 12.3. The summed E-state index contributed by atoms with van der Waals surface area (Å²) in [4.78, 5) is 40.1. The summed E-state index contributed by atoms with van der Waals surface area (Å²) >= 11 is 0. The van der Waals surface area contributed by atoms with Crippen LogP contribution in [0, 0.1) is 0 Å². The molecule has 0 atom stereocenters. The van der Waals surface area contributed by atoms with E-state index in [1.165, 1.54) is 38.6 Å². The molecule has 0 saturated carbocycles. The Morgan fingerprint density at radius 1 is 0.933 bits per heavy atom. The molecule has 1 amide bonds. The van der Waals surface area contributed by atoms with Crippen LogP contribution in [-0.2, 0) is 14.3 Å². The van der Waals surface area contributed by atoms with E-state index in [4.69, 9.17) is 14.2 Å². The van der Waals surface area contributed by atoms with Crippen LogP contribution in [0.4, 0.5) is 0 Å². The monoisotopic (exact) mass is 422 g/mol. The van der Waals surface area contributed by atoms with Crippen LogP contribution < -0.4 is 10.1 Å². The molecule has 0 saturated heterocycles. The van der Waals surface area contributed by atoms with Gasteiger partial charge in [0.2, 0.25) is 0 Å². The third kappa shape index (κ3) is 9.71. The molecule has 0 fully saturated rings. The summed E-state index contributed by atoms with van der Waals surface area (Å²) in [5.41, 5.74) is 0.171. The third-order valence-electron chi connectivity index (χ3n) is 4.41. The Labute approximate surface area is 178 Å². The molecule has 8 nitrogen and oxygen atoms in total. The van der Waals surface area contributed by atoms with Crippen molar-refractivity contribution in [2.45, 2.75) is 65.2 Å². The van der Waals surface area contributed by atoms with Crippen LogP contribution in [0.3, 0.4) is 0 Å². The molecule has 0 radical (unpaired) electrons. The van der Waals surface area contributed by atoms with E-state index in [0.29, 0.717) is 13.2 Å². The molecule has 0 unspecified atom stereocenters.